The van der Waals surface area contributed by atoms with Crippen molar-refractivity contribution < 1.29 is 14.7 Å². The molecule has 5 nitrogen and oxygen atoms in total. The first-order valence-electron chi connectivity index (χ1n) is 6.48. The number of aliphatic carboxylic acids is 1. The van der Waals surface area contributed by atoms with E-state index in [1.165, 1.54) is 0 Å². The van der Waals surface area contributed by atoms with Crippen molar-refractivity contribution in [3.8, 4) is 0 Å². The molecule has 0 bridgehead atoms. The van der Waals surface area contributed by atoms with Crippen LogP contribution in [-0.2, 0) is 9.59 Å². The number of rotatable bonds is 5. The predicted molar refractivity (Wildman–Crippen MR) is 67.0 cm³/mol. The average molecular weight is 252 g/mol. The van der Waals surface area contributed by atoms with Gasteiger partial charge in [-0.1, -0.05) is 12.5 Å². The predicted octanol–water partition coefficient (Wildman–Crippen LogP) is 0.474. The number of carboxylic acids is 1. The first kappa shape index (κ1) is 13.1. The Morgan fingerprint density at radius 2 is 2.22 bits per heavy atom. The summed E-state index contributed by atoms with van der Waals surface area (Å²) >= 11 is 0. The van der Waals surface area contributed by atoms with Crippen LogP contribution in [-0.4, -0.2) is 47.6 Å². The molecule has 1 amide bonds. The van der Waals surface area contributed by atoms with Gasteiger partial charge in [0.2, 0.25) is 5.91 Å². The molecule has 0 aromatic carbocycles. The summed E-state index contributed by atoms with van der Waals surface area (Å²) in [6.45, 7) is 4.88. The van der Waals surface area contributed by atoms with Crippen LogP contribution in [0.1, 0.15) is 19.3 Å². The molecule has 1 aliphatic heterocycles. The summed E-state index contributed by atoms with van der Waals surface area (Å²) in [5.74, 6) is -0.227. The largest absolute Gasteiger partial charge is 0.480 e. The summed E-state index contributed by atoms with van der Waals surface area (Å²) in [6, 6.07) is -0.480. The first-order valence-corrected chi connectivity index (χ1v) is 6.48. The van der Waals surface area contributed by atoms with E-state index in [2.05, 4.69) is 11.9 Å². The monoisotopic (exact) mass is 252 g/mol. The molecule has 2 aliphatic rings. The minimum Gasteiger partial charge on any atom is -0.480 e. The number of carbonyl (C=O) groups is 2. The molecule has 2 fully saturated rings. The van der Waals surface area contributed by atoms with Gasteiger partial charge in [-0.2, -0.15) is 0 Å². The zero-order valence-corrected chi connectivity index (χ0v) is 10.5. The molecule has 0 radical (unpaired) electrons. The highest BCUT2D eigenvalue weighted by atomic mass is 16.4. The molecule has 5 heteroatoms. The smallest absolute Gasteiger partial charge is 0.321 e. The lowest BCUT2D eigenvalue weighted by molar-refractivity contribution is -0.144. The average Bonchev–Trinajstić information content (AvgIpc) is 2.85. The molecule has 0 aromatic heterocycles. The molecule has 2 N–H and O–H groups in total. The summed E-state index contributed by atoms with van der Waals surface area (Å²) in [7, 11) is 0. The molecule has 1 heterocycles. The molecule has 100 valence electrons. The van der Waals surface area contributed by atoms with Gasteiger partial charge in [-0.25, -0.2) is 0 Å². The fourth-order valence-corrected chi connectivity index (χ4v) is 3.32. The lowest BCUT2D eigenvalue weighted by Gasteiger charge is -2.23. The number of likely N-dealkylation sites (tertiary alicyclic amines) is 1. The normalized spacial score (nSPS) is 31.0. The summed E-state index contributed by atoms with van der Waals surface area (Å²) in [5.41, 5.74) is 0. The van der Waals surface area contributed by atoms with E-state index >= 15 is 0 Å². The molecule has 1 saturated heterocycles. The zero-order chi connectivity index (χ0) is 13.1. The van der Waals surface area contributed by atoms with Gasteiger partial charge >= 0.3 is 5.97 Å². The Bertz CT molecular complexity index is 356. The minimum absolute atomic E-state index is 0.124. The molecule has 0 spiro atoms. The summed E-state index contributed by atoms with van der Waals surface area (Å²) in [5, 5.41) is 12.0. The van der Waals surface area contributed by atoms with Crippen molar-refractivity contribution in [1.29, 1.82) is 0 Å². The summed E-state index contributed by atoms with van der Waals surface area (Å²) in [4.78, 5) is 24.8. The van der Waals surface area contributed by atoms with Crippen LogP contribution in [0.25, 0.3) is 0 Å². The lowest BCUT2D eigenvalue weighted by atomic mass is 9.94. The number of amides is 1. The molecule has 18 heavy (non-hydrogen) atoms. The van der Waals surface area contributed by atoms with E-state index < -0.39 is 12.0 Å². The lowest BCUT2D eigenvalue weighted by Crippen LogP contribution is -2.45. The number of fused-ring (bicyclic) bond motifs is 1. The molecular weight excluding hydrogens is 232 g/mol. The van der Waals surface area contributed by atoms with Crippen LogP contribution >= 0.6 is 0 Å². The maximum absolute atomic E-state index is 11.7. The van der Waals surface area contributed by atoms with Gasteiger partial charge in [-0.15, -0.1) is 6.58 Å². The van der Waals surface area contributed by atoms with Crippen molar-refractivity contribution in [2.24, 2.45) is 11.8 Å². The van der Waals surface area contributed by atoms with Gasteiger partial charge in [0.1, 0.15) is 6.04 Å². The molecular formula is C13H20N2O3. The molecule has 1 saturated carbocycles. The van der Waals surface area contributed by atoms with Crippen LogP contribution in [0.5, 0.6) is 0 Å². The third kappa shape index (κ3) is 2.56. The number of nitrogens with zero attached hydrogens (tertiary/aromatic N) is 1. The van der Waals surface area contributed by atoms with Crippen LogP contribution in [0.2, 0.25) is 0 Å². The fraction of sp³-hybridized carbons (Fsp3) is 0.692. The first-order chi connectivity index (χ1) is 8.63. The van der Waals surface area contributed by atoms with Crippen LogP contribution in [0.4, 0.5) is 0 Å². The van der Waals surface area contributed by atoms with Gasteiger partial charge < -0.3 is 10.4 Å². The van der Waals surface area contributed by atoms with Gasteiger partial charge in [0.15, 0.2) is 0 Å². The van der Waals surface area contributed by atoms with Crippen molar-refractivity contribution in [3.05, 3.63) is 12.7 Å². The van der Waals surface area contributed by atoms with E-state index in [9.17, 15) is 14.7 Å². The molecule has 3 atom stereocenters. The van der Waals surface area contributed by atoms with Crippen LogP contribution in [0, 0.1) is 11.8 Å². The van der Waals surface area contributed by atoms with E-state index in [0.717, 1.165) is 25.8 Å². The van der Waals surface area contributed by atoms with Gasteiger partial charge in [-0.05, 0) is 24.7 Å². The number of hydrogen-bond acceptors (Lipinski definition) is 3. The zero-order valence-electron chi connectivity index (χ0n) is 10.5. The van der Waals surface area contributed by atoms with E-state index in [4.69, 9.17) is 0 Å². The van der Waals surface area contributed by atoms with Crippen LogP contribution in [0.15, 0.2) is 12.7 Å². The number of nitrogens with one attached hydrogen (secondary N) is 1. The number of hydrogen-bond donors (Lipinski definition) is 2. The summed E-state index contributed by atoms with van der Waals surface area (Å²) < 4.78 is 0. The van der Waals surface area contributed by atoms with Crippen molar-refractivity contribution >= 4 is 11.9 Å². The molecule has 0 aromatic rings. The minimum atomic E-state index is -0.791. The second-order valence-electron chi connectivity index (χ2n) is 5.16. The van der Waals surface area contributed by atoms with E-state index in [1.54, 1.807) is 6.08 Å². The highest BCUT2D eigenvalue weighted by molar-refractivity contribution is 5.80. The van der Waals surface area contributed by atoms with Crippen molar-refractivity contribution in [3.63, 3.8) is 0 Å². The Hall–Kier alpha value is -1.36. The quantitative estimate of drug-likeness (QED) is 0.698. The molecule has 2 rings (SSSR count). The third-order valence-electron chi connectivity index (χ3n) is 4.03. The Morgan fingerprint density at radius 3 is 2.89 bits per heavy atom. The maximum atomic E-state index is 11.7. The van der Waals surface area contributed by atoms with Gasteiger partial charge in [0, 0.05) is 13.1 Å². The Balaban J connectivity index is 1.97. The number of carbonyl (C=O) groups excluding carboxylic acids is 1. The van der Waals surface area contributed by atoms with Gasteiger partial charge in [0.05, 0.1) is 6.54 Å². The van der Waals surface area contributed by atoms with Crippen molar-refractivity contribution in [2.45, 2.75) is 25.3 Å². The van der Waals surface area contributed by atoms with Crippen LogP contribution in [0.3, 0.4) is 0 Å². The second-order valence-corrected chi connectivity index (χ2v) is 5.16. The molecule has 3 unspecified atom stereocenters. The van der Waals surface area contributed by atoms with Crippen molar-refractivity contribution in [2.75, 3.05) is 19.6 Å². The van der Waals surface area contributed by atoms with E-state index in [-0.39, 0.29) is 18.4 Å². The van der Waals surface area contributed by atoms with Crippen molar-refractivity contribution in [1.82, 2.24) is 10.2 Å². The highest BCUT2D eigenvalue weighted by Crippen LogP contribution is 2.41. The molecule has 1 aliphatic carbocycles. The topological polar surface area (TPSA) is 69.6 Å². The van der Waals surface area contributed by atoms with Gasteiger partial charge in [-0.3, -0.25) is 14.5 Å². The Morgan fingerprint density at radius 1 is 1.44 bits per heavy atom. The number of carboxylic acid groups (broad SMARTS) is 1. The highest BCUT2D eigenvalue weighted by Gasteiger charge is 2.47. The standard InChI is InChI=1S/C13H20N2O3/c1-2-6-14-11(16)8-15-7-9-4-3-5-10(9)12(15)13(17)18/h2,9-10,12H,1,3-8H2,(H,14,16)(H,17,18). The van der Waals surface area contributed by atoms with Crippen LogP contribution < -0.4 is 5.32 Å². The van der Waals surface area contributed by atoms with Gasteiger partial charge in [0.25, 0.3) is 0 Å². The van der Waals surface area contributed by atoms with E-state index in [1.807, 2.05) is 4.90 Å². The van der Waals surface area contributed by atoms with E-state index in [0.29, 0.717) is 12.5 Å². The SMILES string of the molecule is C=CCNC(=O)CN1CC2CCCC2C1C(=O)O. The second kappa shape index (κ2) is 5.52. The Kier molecular flexibility index (Phi) is 4.01. The Labute approximate surface area is 107 Å². The maximum Gasteiger partial charge on any atom is 0.321 e. The summed E-state index contributed by atoms with van der Waals surface area (Å²) in [6.07, 6.45) is 4.81. The fourth-order valence-electron chi connectivity index (χ4n) is 3.32. The third-order valence-corrected chi connectivity index (χ3v) is 4.03.